The van der Waals surface area contributed by atoms with Gasteiger partial charge in [0.25, 0.3) is 0 Å². The Kier molecular flexibility index (Phi) is 5.97. The number of hydrogen-bond acceptors (Lipinski definition) is 4. The highest BCUT2D eigenvalue weighted by Crippen LogP contribution is 2.28. The normalized spacial score (nSPS) is 11.0. The van der Waals surface area contributed by atoms with Gasteiger partial charge >= 0.3 is 0 Å². The third-order valence-corrected chi connectivity index (χ3v) is 3.90. The van der Waals surface area contributed by atoms with Gasteiger partial charge in [0.05, 0.1) is 19.1 Å². The molecule has 0 bridgehead atoms. The van der Waals surface area contributed by atoms with Gasteiger partial charge in [0.1, 0.15) is 11.6 Å². The Labute approximate surface area is 146 Å². The van der Waals surface area contributed by atoms with E-state index in [1.165, 1.54) is 25.3 Å². The van der Waals surface area contributed by atoms with Crippen molar-refractivity contribution in [1.82, 2.24) is 0 Å². The van der Waals surface area contributed by atoms with E-state index in [1.54, 1.807) is 24.3 Å². The summed E-state index contributed by atoms with van der Waals surface area (Å²) in [6.07, 6.45) is 1.59. The molecule has 25 heavy (non-hydrogen) atoms. The molecule has 0 aromatic heterocycles. The van der Waals surface area contributed by atoms with E-state index in [1.807, 2.05) is 0 Å². The van der Waals surface area contributed by atoms with E-state index in [9.17, 15) is 17.6 Å². The fraction of sp³-hybridized carbons (Fsp3) is 0.235. The van der Waals surface area contributed by atoms with E-state index >= 15 is 0 Å². The van der Waals surface area contributed by atoms with Crippen LogP contribution in [0, 0.1) is 5.82 Å². The molecule has 0 atom stereocenters. The predicted molar refractivity (Wildman–Crippen MR) is 94.8 cm³/mol. The first-order chi connectivity index (χ1) is 11.8. The van der Waals surface area contributed by atoms with E-state index in [0.29, 0.717) is 17.9 Å². The zero-order chi connectivity index (χ0) is 18.4. The van der Waals surface area contributed by atoms with E-state index in [2.05, 4.69) is 10.0 Å². The second-order valence-electron chi connectivity index (χ2n) is 5.47. The van der Waals surface area contributed by atoms with Crippen LogP contribution in [-0.2, 0) is 21.2 Å². The van der Waals surface area contributed by atoms with Gasteiger partial charge in [-0.15, -0.1) is 0 Å². The zero-order valence-corrected chi connectivity index (χ0v) is 14.7. The Morgan fingerprint density at radius 1 is 1.20 bits per heavy atom. The lowest BCUT2D eigenvalue weighted by molar-refractivity contribution is -0.116. The topological polar surface area (TPSA) is 84.5 Å². The number of benzene rings is 2. The van der Waals surface area contributed by atoms with Gasteiger partial charge in [-0.1, -0.05) is 12.1 Å². The average Bonchev–Trinajstić information content (AvgIpc) is 2.52. The molecule has 0 saturated carbocycles. The van der Waals surface area contributed by atoms with Crippen molar-refractivity contribution < 1.29 is 22.3 Å². The zero-order valence-electron chi connectivity index (χ0n) is 13.9. The van der Waals surface area contributed by atoms with Crippen molar-refractivity contribution in [3.05, 3.63) is 53.8 Å². The summed E-state index contributed by atoms with van der Waals surface area (Å²) in [6, 6.07) is 10.7. The molecule has 2 aromatic carbocycles. The van der Waals surface area contributed by atoms with Crippen LogP contribution in [0.5, 0.6) is 5.75 Å². The smallest absolute Gasteiger partial charge is 0.229 e. The third-order valence-electron chi connectivity index (χ3n) is 3.31. The maximum atomic E-state index is 13.1. The highest BCUT2D eigenvalue weighted by atomic mass is 32.2. The molecule has 2 aromatic rings. The standard InChI is InChI=1S/C17H19FN2O4S/c1-24-16-8-7-14(11-15(16)20-25(2,22)23)19-17(21)9-6-12-4-3-5-13(18)10-12/h3-5,7-8,10-11,20H,6,9H2,1-2H3,(H,19,21). The summed E-state index contributed by atoms with van der Waals surface area (Å²) in [5.74, 6) is -0.271. The molecular weight excluding hydrogens is 347 g/mol. The van der Waals surface area contributed by atoms with Crippen LogP contribution in [0.3, 0.4) is 0 Å². The van der Waals surface area contributed by atoms with E-state index in [0.717, 1.165) is 11.8 Å². The van der Waals surface area contributed by atoms with Crippen LogP contribution in [0.25, 0.3) is 0 Å². The van der Waals surface area contributed by atoms with Crippen molar-refractivity contribution in [3.63, 3.8) is 0 Å². The Bertz CT molecular complexity index is 869. The first-order valence-corrected chi connectivity index (χ1v) is 9.36. The molecule has 6 nitrogen and oxygen atoms in total. The highest BCUT2D eigenvalue weighted by Gasteiger charge is 2.11. The van der Waals surface area contributed by atoms with E-state index < -0.39 is 10.0 Å². The first kappa shape index (κ1) is 18.7. The second-order valence-corrected chi connectivity index (χ2v) is 7.22. The Morgan fingerprint density at radius 3 is 2.60 bits per heavy atom. The molecule has 0 heterocycles. The summed E-state index contributed by atoms with van der Waals surface area (Å²) >= 11 is 0. The van der Waals surface area contributed by atoms with Gasteiger partial charge in [-0.05, 0) is 42.3 Å². The quantitative estimate of drug-likeness (QED) is 0.789. The number of halogens is 1. The van der Waals surface area contributed by atoms with Crippen molar-refractivity contribution >= 4 is 27.3 Å². The maximum Gasteiger partial charge on any atom is 0.229 e. The molecule has 134 valence electrons. The van der Waals surface area contributed by atoms with Crippen molar-refractivity contribution in [2.45, 2.75) is 12.8 Å². The molecule has 0 aliphatic heterocycles. The molecule has 1 amide bonds. The molecule has 0 radical (unpaired) electrons. The summed E-state index contributed by atoms with van der Waals surface area (Å²) in [5.41, 5.74) is 1.38. The van der Waals surface area contributed by atoms with Crippen LogP contribution in [0.15, 0.2) is 42.5 Å². The number of carbonyl (C=O) groups excluding carboxylic acids is 1. The van der Waals surface area contributed by atoms with Crippen LogP contribution < -0.4 is 14.8 Å². The number of nitrogens with one attached hydrogen (secondary N) is 2. The molecule has 2 N–H and O–H groups in total. The van der Waals surface area contributed by atoms with Crippen molar-refractivity contribution in [2.24, 2.45) is 0 Å². The maximum absolute atomic E-state index is 13.1. The number of anilines is 2. The van der Waals surface area contributed by atoms with Gasteiger partial charge in [-0.2, -0.15) is 0 Å². The molecular formula is C17H19FN2O4S. The van der Waals surface area contributed by atoms with Gasteiger partial charge in [-0.3, -0.25) is 9.52 Å². The fourth-order valence-electron chi connectivity index (χ4n) is 2.24. The van der Waals surface area contributed by atoms with Crippen LogP contribution >= 0.6 is 0 Å². The molecule has 0 unspecified atom stereocenters. The number of aryl methyl sites for hydroxylation is 1. The van der Waals surface area contributed by atoms with Gasteiger partial charge in [0, 0.05) is 12.1 Å². The van der Waals surface area contributed by atoms with Crippen LogP contribution in [-0.4, -0.2) is 27.7 Å². The van der Waals surface area contributed by atoms with E-state index in [4.69, 9.17) is 4.74 Å². The number of sulfonamides is 1. The van der Waals surface area contributed by atoms with Crippen molar-refractivity contribution in [1.29, 1.82) is 0 Å². The lowest BCUT2D eigenvalue weighted by Gasteiger charge is -2.12. The Morgan fingerprint density at radius 2 is 1.96 bits per heavy atom. The number of carbonyl (C=O) groups is 1. The first-order valence-electron chi connectivity index (χ1n) is 7.47. The second kappa shape index (κ2) is 7.98. The largest absolute Gasteiger partial charge is 0.495 e. The van der Waals surface area contributed by atoms with Crippen molar-refractivity contribution in [2.75, 3.05) is 23.4 Å². The fourth-order valence-corrected chi connectivity index (χ4v) is 2.80. The number of rotatable bonds is 7. The Balaban J connectivity index is 2.03. The summed E-state index contributed by atoms with van der Waals surface area (Å²) in [7, 11) is -2.07. The van der Waals surface area contributed by atoms with Crippen LogP contribution in [0.4, 0.5) is 15.8 Å². The van der Waals surface area contributed by atoms with E-state index in [-0.39, 0.29) is 23.8 Å². The molecule has 0 spiro atoms. The van der Waals surface area contributed by atoms with Crippen molar-refractivity contribution in [3.8, 4) is 5.75 Å². The minimum absolute atomic E-state index is 0.171. The molecule has 0 aliphatic carbocycles. The van der Waals surface area contributed by atoms with Crippen LogP contribution in [0.1, 0.15) is 12.0 Å². The van der Waals surface area contributed by atoms with Gasteiger partial charge in [0.15, 0.2) is 0 Å². The summed E-state index contributed by atoms with van der Waals surface area (Å²) < 4.78 is 43.4. The summed E-state index contributed by atoms with van der Waals surface area (Å²) in [6.45, 7) is 0. The SMILES string of the molecule is COc1ccc(NC(=O)CCc2cccc(F)c2)cc1NS(C)(=O)=O. The molecule has 0 saturated heterocycles. The lowest BCUT2D eigenvalue weighted by atomic mass is 10.1. The number of methoxy groups -OCH3 is 1. The highest BCUT2D eigenvalue weighted by molar-refractivity contribution is 7.92. The molecule has 2 rings (SSSR count). The molecule has 8 heteroatoms. The monoisotopic (exact) mass is 366 g/mol. The summed E-state index contributed by atoms with van der Waals surface area (Å²) in [4.78, 5) is 12.0. The lowest BCUT2D eigenvalue weighted by Crippen LogP contribution is -2.14. The average molecular weight is 366 g/mol. The molecule has 0 aliphatic rings. The Hall–Kier alpha value is -2.61. The van der Waals surface area contributed by atoms with Gasteiger partial charge in [-0.25, -0.2) is 12.8 Å². The third kappa shape index (κ3) is 6.07. The van der Waals surface area contributed by atoms with Gasteiger partial charge < -0.3 is 10.1 Å². The van der Waals surface area contributed by atoms with Gasteiger partial charge in [0.2, 0.25) is 15.9 Å². The predicted octanol–water partition coefficient (Wildman–Crippen LogP) is 2.78. The number of hydrogen-bond donors (Lipinski definition) is 2. The number of amides is 1. The minimum Gasteiger partial charge on any atom is -0.495 e. The molecule has 0 fully saturated rings. The van der Waals surface area contributed by atoms with Crippen LogP contribution in [0.2, 0.25) is 0 Å². The minimum atomic E-state index is -3.48. The number of ether oxygens (including phenoxy) is 1. The summed E-state index contributed by atoms with van der Waals surface area (Å²) in [5, 5.41) is 2.68.